The van der Waals surface area contributed by atoms with Crippen molar-refractivity contribution < 1.29 is 73.3 Å². The molecule has 3 heterocycles. The number of benzene rings is 5. The van der Waals surface area contributed by atoms with Crippen molar-refractivity contribution in [3.63, 3.8) is 0 Å². The zero-order chi connectivity index (χ0) is 46.5. The number of aryl methyl sites for hydroxylation is 1. The van der Waals surface area contributed by atoms with E-state index in [0.29, 0.717) is 5.56 Å². The second kappa shape index (κ2) is 20.6. The van der Waals surface area contributed by atoms with Crippen LogP contribution in [0.15, 0.2) is 124 Å². The second-order valence-corrected chi connectivity index (χ2v) is 16.4. The molecule has 16 heteroatoms. The third kappa shape index (κ3) is 10.0. The van der Waals surface area contributed by atoms with Crippen LogP contribution in [-0.4, -0.2) is 104 Å². The summed E-state index contributed by atoms with van der Waals surface area (Å²) in [4.78, 5) is 14.7. The number of ether oxygens (including phenoxy) is 7. The molecule has 0 spiro atoms. The summed E-state index contributed by atoms with van der Waals surface area (Å²) in [6.07, 6.45) is -14.1. The van der Waals surface area contributed by atoms with E-state index in [2.05, 4.69) is 0 Å². The van der Waals surface area contributed by atoms with Crippen LogP contribution < -0.4 is 24.4 Å². The van der Waals surface area contributed by atoms with E-state index < -0.39 is 91.4 Å². The number of aromatic hydroxyl groups is 1. The molecule has 16 nitrogen and oxygen atoms in total. The summed E-state index contributed by atoms with van der Waals surface area (Å²) >= 11 is 0. The quantitative estimate of drug-likeness (QED) is 0.0709. The lowest BCUT2D eigenvalue weighted by Crippen LogP contribution is -2.64. The van der Waals surface area contributed by atoms with Crippen molar-refractivity contribution in [1.82, 2.24) is 0 Å². The molecule has 0 aliphatic carbocycles. The Balaban J connectivity index is 1.21. The third-order valence-electron chi connectivity index (χ3n) is 11.6. The zero-order valence-corrected chi connectivity index (χ0v) is 36.1. The van der Waals surface area contributed by atoms with Gasteiger partial charge in [0.1, 0.15) is 73.2 Å². The molecule has 2 aliphatic rings. The average molecular weight is 909 g/mol. The minimum absolute atomic E-state index is 0.0128. The monoisotopic (exact) mass is 908 g/mol. The van der Waals surface area contributed by atoms with Gasteiger partial charge in [-0.1, -0.05) is 97.9 Å². The summed E-state index contributed by atoms with van der Waals surface area (Å²) in [5, 5.41) is 75.5. The maximum atomic E-state index is 14.7. The fourth-order valence-corrected chi connectivity index (χ4v) is 7.95. The van der Waals surface area contributed by atoms with Crippen LogP contribution in [0.4, 0.5) is 0 Å². The highest BCUT2D eigenvalue weighted by atomic mass is 16.7. The smallest absolute Gasteiger partial charge is 0.239 e. The molecule has 348 valence electrons. The van der Waals surface area contributed by atoms with Gasteiger partial charge in [0, 0.05) is 11.5 Å². The van der Waals surface area contributed by atoms with Crippen molar-refractivity contribution >= 4 is 11.0 Å². The lowest BCUT2D eigenvalue weighted by atomic mass is 9.90. The van der Waals surface area contributed by atoms with Crippen LogP contribution in [0, 0.1) is 12.8 Å². The molecular weight excluding hydrogens is 857 g/mol. The van der Waals surface area contributed by atoms with Crippen molar-refractivity contribution in [1.29, 1.82) is 0 Å². The van der Waals surface area contributed by atoms with E-state index >= 15 is 0 Å². The van der Waals surface area contributed by atoms with Gasteiger partial charge in [0.15, 0.2) is 23.5 Å². The van der Waals surface area contributed by atoms with E-state index in [4.69, 9.17) is 37.6 Å². The second-order valence-electron chi connectivity index (χ2n) is 16.4. The number of hydrogen-bond donors (Lipinski definition) is 7. The number of aliphatic hydroxyl groups is 6. The fourth-order valence-electron chi connectivity index (χ4n) is 7.95. The Labute approximate surface area is 379 Å². The molecule has 0 bridgehead atoms. The van der Waals surface area contributed by atoms with Gasteiger partial charge in [-0.3, -0.25) is 4.79 Å². The van der Waals surface area contributed by atoms with E-state index in [1.807, 2.05) is 91.0 Å². The molecule has 0 saturated carbocycles. The highest BCUT2D eigenvalue weighted by Crippen LogP contribution is 2.46. The van der Waals surface area contributed by atoms with Gasteiger partial charge in [0.2, 0.25) is 23.2 Å². The van der Waals surface area contributed by atoms with Crippen LogP contribution >= 0.6 is 0 Å². The van der Waals surface area contributed by atoms with E-state index in [-0.39, 0.29) is 59.4 Å². The largest absolute Gasteiger partial charge is 0.507 e. The van der Waals surface area contributed by atoms with E-state index in [1.165, 1.54) is 13.0 Å². The van der Waals surface area contributed by atoms with Crippen LogP contribution in [0.5, 0.6) is 28.7 Å². The Bertz CT molecular complexity index is 2540. The average Bonchev–Trinajstić information content (AvgIpc) is 3.33. The molecule has 0 unspecified atom stereocenters. The lowest BCUT2D eigenvalue weighted by molar-refractivity contribution is -0.347. The number of phenols is 1. The van der Waals surface area contributed by atoms with Crippen LogP contribution in [-0.2, 0) is 34.0 Å². The first-order valence-corrected chi connectivity index (χ1v) is 21.5. The first kappa shape index (κ1) is 46.5. The van der Waals surface area contributed by atoms with Gasteiger partial charge in [0.25, 0.3) is 0 Å². The molecule has 1 aromatic heterocycles. The summed E-state index contributed by atoms with van der Waals surface area (Å²) in [5.74, 6) is -1.41. The fraction of sp³-hybridized carbons (Fsp3) is 0.340. The molecule has 0 amide bonds. The molecule has 7 N–H and O–H groups in total. The summed E-state index contributed by atoms with van der Waals surface area (Å²) in [6, 6.07) is 34.4. The van der Waals surface area contributed by atoms with Gasteiger partial charge < -0.3 is 73.3 Å². The Kier molecular flexibility index (Phi) is 14.5. The molecule has 66 heavy (non-hydrogen) atoms. The Morgan fingerprint density at radius 2 is 1.14 bits per heavy atom. The van der Waals surface area contributed by atoms with Crippen LogP contribution in [0.3, 0.4) is 0 Å². The summed E-state index contributed by atoms with van der Waals surface area (Å²) in [5.41, 5.74) is 2.39. The number of phenolic OH excluding ortho intramolecular Hbond substituents is 1. The molecule has 0 radical (unpaired) electrons. The molecule has 10 atom stereocenters. The minimum atomic E-state index is -1.98. The molecule has 6 aromatic rings. The molecule has 2 fully saturated rings. The Hall–Kier alpha value is -6.05. The molecule has 2 aliphatic heterocycles. The van der Waals surface area contributed by atoms with Crippen molar-refractivity contribution in [3.05, 3.63) is 148 Å². The predicted octanol–water partition coefficient (Wildman–Crippen LogP) is 4.49. The first-order chi connectivity index (χ1) is 31.9. The zero-order valence-electron chi connectivity index (χ0n) is 36.1. The van der Waals surface area contributed by atoms with Gasteiger partial charge in [-0.25, -0.2) is 0 Å². The maximum Gasteiger partial charge on any atom is 0.239 e. The highest BCUT2D eigenvalue weighted by molar-refractivity contribution is 5.88. The van der Waals surface area contributed by atoms with E-state index in [9.17, 15) is 40.5 Å². The van der Waals surface area contributed by atoms with E-state index in [0.717, 1.165) is 16.7 Å². The summed E-state index contributed by atoms with van der Waals surface area (Å²) in [6.45, 7) is 2.12. The standard InChI is InChI=1S/C50H52O16/c1-27-18-33(53)39-34(19-27)62-45(48(42(39)56)66-50-44(58)43(57)47(38(23-52)64-50)65-49-41(55)28(2)40(54)37(22-51)63-49)32-20-35(59-24-29-12-6-3-7-13-29)46(61-26-31-16-10-5-11-17-31)36(21-32)60-25-30-14-8-4-9-15-30/h3-21,28,37-38,40-41,43-44,47,49-55,57-58H,22-26H2,1-2H3/t28-,37+,38+,40+,41+,43+,44+,47+,49-,50-/m0/s1. The predicted molar refractivity (Wildman–Crippen MR) is 237 cm³/mol. The Morgan fingerprint density at radius 3 is 1.68 bits per heavy atom. The molecule has 2 saturated heterocycles. The SMILES string of the molecule is Cc1cc(O)c2c(=O)c(O[C@@H]3O[C@H](CO)[C@@H](O[C@@H]4O[C@H](CO)[C@H](O)[C@H](C)[C@H]4O)[C@H](O)[C@H]3O)c(-c3cc(OCc4ccccc4)c(OCc4ccccc4)c(OCc4ccccc4)c3)oc2c1. The van der Waals surface area contributed by atoms with Gasteiger partial charge in [-0.15, -0.1) is 0 Å². The first-order valence-electron chi connectivity index (χ1n) is 21.5. The van der Waals surface area contributed by atoms with Crippen molar-refractivity contribution in [3.8, 4) is 40.1 Å². The number of hydrogen-bond acceptors (Lipinski definition) is 16. The number of aliphatic hydroxyl groups excluding tert-OH is 6. The van der Waals surface area contributed by atoms with Gasteiger partial charge >= 0.3 is 0 Å². The van der Waals surface area contributed by atoms with E-state index in [1.54, 1.807) is 25.1 Å². The molecular formula is C50H52O16. The van der Waals surface area contributed by atoms with Crippen molar-refractivity contribution in [2.24, 2.45) is 5.92 Å². The Morgan fingerprint density at radius 1 is 0.606 bits per heavy atom. The summed E-state index contributed by atoms with van der Waals surface area (Å²) in [7, 11) is 0. The van der Waals surface area contributed by atoms with Crippen LogP contribution in [0.2, 0.25) is 0 Å². The van der Waals surface area contributed by atoms with Gasteiger partial charge in [0.05, 0.1) is 19.3 Å². The lowest BCUT2D eigenvalue weighted by Gasteiger charge is -2.46. The third-order valence-corrected chi connectivity index (χ3v) is 11.6. The van der Waals surface area contributed by atoms with Gasteiger partial charge in [-0.05, 0) is 53.4 Å². The number of fused-ring (bicyclic) bond motifs is 1. The highest BCUT2D eigenvalue weighted by Gasteiger charge is 2.51. The minimum Gasteiger partial charge on any atom is -0.507 e. The normalized spacial score (nSPS) is 25.3. The molecule has 8 rings (SSSR count). The maximum absolute atomic E-state index is 14.7. The van der Waals surface area contributed by atoms with Crippen LogP contribution in [0.1, 0.15) is 29.2 Å². The summed E-state index contributed by atoms with van der Waals surface area (Å²) < 4.78 is 49.5. The van der Waals surface area contributed by atoms with Crippen molar-refractivity contribution in [2.45, 2.75) is 89.0 Å². The van der Waals surface area contributed by atoms with Gasteiger partial charge in [-0.2, -0.15) is 0 Å². The van der Waals surface area contributed by atoms with Crippen LogP contribution in [0.25, 0.3) is 22.3 Å². The van der Waals surface area contributed by atoms with Crippen molar-refractivity contribution in [2.75, 3.05) is 13.2 Å². The molecule has 5 aromatic carbocycles. The number of rotatable bonds is 16. The topological polar surface area (TPSA) is 236 Å².